The molecular formula is C23H21ClN2O2S. The number of anilines is 1. The van der Waals surface area contributed by atoms with E-state index in [0.717, 1.165) is 16.7 Å². The number of rotatable bonds is 7. The molecule has 0 aliphatic carbocycles. The number of carbonyl (C=O) groups excluding carboxylic acids is 2. The topological polar surface area (TPSA) is 72.2 Å². The van der Waals surface area contributed by atoms with Crippen LogP contribution < -0.4 is 11.1 Å². The largest absolute Gasteiger partial charge is 0.366 e. The third kappa shape index (κ3) is 5.62. The summed E-state index contributed by atoms with van der Waals surface area (Å²) in [6.07, 6.45) is 0. The average molecular weight is 425 g/mol. The van der Waals surface area contributed by atoms with Gasteiger partial charge in [0.05, 0.1) is 11.0 Å². The van der Waals surface area contributed by atoms with Crippen LogP contribution in [0.25, 0.3) is 0 Å². The van der Waals surface area contributed by atoms with Crippen LogP contribution in [0.3, 0.4) is 0 Å². The first-order valence-corrected chi connectivity index (χ1v) is 10.5. The summed E-state index contributed by atoms with van der Waals surface area (Å²) in [6, 6.07) is 22.8. The number of halogens is 1. The van der Waals surface area contributed by atoms with Crippen LogP contribution in [0.2, 0.25) is 5.02 Å². The van der Waals surface area contributed by atoms with Crippen LogP contribution in [0.5, 0.6) is 0 Å². The summed E-state index contributed by atoms with van der Waals surface area (Å²) in [7, 11) is 0. The van der Waals surface area contributed by atoms with Gasteiger partial charge in [0.15, 0.2) is 0 Å². The Morgan fingerprint density at radius 3 is 2.28 bits per heavy atom. The lowest BCUT2D eigenvalue weighted by Gasteiger charge is -2.18. The molecule has 0 aliphatic heterocycles. The first-order valence-electron chi connectivity index (χ1n) is 9.06. The summed E-state index contributed by atoms with van der Waals surface area (Å²) in [5.41, 5.74) is 9.35. The van der Waals surface area contributed by atoms with Crippen molar-refractivity contribution < 1.29 is 9.59 Å². The van der Waals surface area contributed by atoms with Crippen molar-refractivity contribution in [2.45, 2.75) is 12.2 Å². The first-order chi connectivity index (χ1) is 13.9. The van der Waals surface area contributed by atoms with E-state index in [9.17, 15) is 9.59 Å². The standard InChI is InChI=1S/C23H21ClN2O2S/c1-15-13-19(11-12-20(15)23(25)28)26-21(27)14-29-22(16-5-3-2-4-6-16)17-7-9-18(24)10-8-17/h2-13,22H,14H2,1H3,(H2,25,28)(H,26,27). The molecule has 0 aliphatic rings. The van der Waals surface area contributed by atoms with Crippen molar-refractivity contribution in [3.63, 3.8) is 0 Å². The highest BCUT2D eigenvalue weighted by atomic mass is 35.5. The van der Waals surface area contributed by atoms with Crippen LogP contribution >= 0.6 is 23.4 Å². The Hall–Kier alpha value is -2.76. The van der Waals surface area contributed by atoms with Crippen LogP contribution in [0.15, 0.2) is 72.8 Å². The van der Waals surface area contributed by atoms with E-state index in [2.05, 4.69) is 17.4 Å². The van der Waals surface area contributed by atoms with Crippen LogP contribution in [0.1, 0.15) is 32.3 Å². The van der Waals surface area contributed by atoms with Crippen LogP contribution in [0, 0.1) is 6.92 Å². The zero-order valence-electron chi connectivity index (χ0n) is 15.9. The molecule has 0 radical (unpaired) electrons. The Balaban J connectivity index is 1.70. The number of amides is 2. The molecule has 0 bridgehead atoms. The molecule has 0 aromatic heterocycles. The van der Waals surface area contributed by atoms with Gasteiger partial charge in [0.25, 0.3) is 0 Å². The molecule has 4 nitrogen and oxygen atoms in total. The summed E-state index contributed by atoms with van der Waals surface area (Å²) >= 11 is 7.57. The molecule has 3 aromatic carbocycles. The van der Waals surface area contributed by atoms with Crippen molar-refractivity contribution in [2.75, 3.05) is 11.1 Å². The molecule has 1 atom stereocenters. The van der Waals surface area contributed by atoms with Crippen LogP contribution in [0.4, 0.5) is 5.69 Å². The highest BCUT2D eigenvalue weighted by molar-refractivity contribution is 8.00. The second-order valence-electron chi connectivity index (χ2n) is 6.60. The minimum atomic E-state index is -0.482. The first kappa shape index (κ1) is 21.0. The predicted molar refractivity (Wildman–Crippen MR) is 121 cm³/mol. The molecule has 3 aromatic rings. The Kier molecular flexibility index (Phi) is 6.96. The smallest absolute Gasteiger partial charge is 0.248 e. The molecule has 148 valence electrons. The van der Waals surface area contributed by atoms with Gasteiger partial charge in [0.2, 0.25) is 11.8 Å². The number of primary amides is 1. The lowest BCUT2D eigenvalue weighted by molar-refractivity contribution is -0.113. The normalized spacial score (nSPS) is 11.7. The molecule has 0 saturated carbocycles. The summed E-state index contributed by atoms with van der Waals surface area (Å²) in [4.78, 5) is 23.9. The van der Waals surface area contributed by atoms with Crippen LogP contribution in [-0.2, 0) is 4.79 Å². The molecule has 3 N–H and O–H groups in total. The van der Waals surface area contributed by atoms with Crippen molar-refractivity contribution >= 4 is 40.9 Å². The number of nitrogens with one attached hydrogen (secondary N) is 1. The number of benzene rings is 3. The van der Waals surface area contributed by atoms with E-state index >= 15 is 0 Å². The van der Waals surface area contributed by atoms with Gasteiger partial charge in [-0.2, -0.15) is 0 Å². The third-order valence-electron chi connectivity index (χ3n) is 4.43. The fourth-order valence-electron chi connectivity index (χ4n) is 3.02. The molecule has 1 unspecified atom stereocenters. The highest BCUT2D eigenvalue weighted by Gasteiger charge is 2.17. The second-order valence-corrected chi connectivity index (χ2v) is 8.13. The lowest BCUT2D eigenvalue weighted by Crippen LogP contribution is -2.16. The van der Waals surface area contributed by atoms with E-state index in [1.54, 1.807) is 36.9 Å². The average Bonchev–Trinajstić information content (AvgIpc) is 2.70. The van der Waals surface area contributed by atoms with Gasteiger partial charge in [-0.1, -0.05) is 54.1 Å². The number of carbonyl (C=O) groups is 2. The van der Waals surface area contributed by atoms with Gasteiger partial charge in [-0.05, 0) is 53.9 Å². The number of nitrogens with two attached hydrogens (primary N) is 1. The maximum Gasteiger partial charge on any atom is 0.248 e. The SMILES string of the molecule is Cc1cc(NC(=O)CSC(c2ccccc2)c2ccc(Cl)cc2)ccc1C(N)=O. The number of thioether (sulfide) groups is 1. The lowest BCUT2D eigenvalue weighted by atomic mass is 10.0. The highest BCUT2D eigenvalue weighted by Crippen LogP contribution is 2.36. The van der Waals surface area contributed by atoms with E-state index in [1.807, 2.05) is 42.5 Å². The van der Waals surface area contributed by atoms with Gasteiger partial charge < -0.3 is 11.1 Å². The molecule has 6 heteroatoms. The number of hydrogen-bond acceptors (Lipinski definition) is 3. The zero-order chi connectivity index (χ0) is 20.8. The molecule has 0 saturated heterocycles. The van der Waals surface area contributed by atoms with Gasteiger partial charge in [-0.15, -0.1) is 11.8 Å². The monoisotopic (exact) mass is 424 g/mol. The zero-order valence-corrected chi connectivity index (χ0v) is 17.5. The van der Waals surface area contributed by atoms with E-state index in [4.69, 9.17) is 17.3 Å². The molecule has 2 amide bonds. The van der Waals surface area contributed by atoms with Crippen molar-refractivity contribution in [3.05, 3.63) is 100 Å². The fourth-order valence-corrected chi connectivity index (χ4v) is 4.24. The minimum Gasteiger partial charge on any atom is -0.366 e. The van der Waals surface area contributed by atoms with E-state index in [0.29, 0.717) is 16.3 Å². The van der Waals surface area contributed by atoms with Crippen LogP contribution in [-0.4, -0.2) is 17.6 Å². The molecular weight excluding hydrogens is 404 g/mol. The molecule has 0 fully saturated rings. The van der Waals surface area contributed by atoms with Crippen molar-refractivity contribution in [3.8, 4) is 0 Å². The predicted octanol–water partition coefficient (Wildman–Crippen LogP) is 5.21. The maximum atomic E-state index is 12.5. The Morgan fingerprint density at radius 2 is 1.66 bits per heavy atom. The Labute approximate surface area is 179 Å². The van der Waals surface area contributed by atoms with Gasteiger partial charge >= 0.3 is 0 Å². The molecule has 0 heterocycles. The summed E-state index contributed by atoms with van der Waals surface area (Å²) < 4.78 is 0. The van der Waals surface area contributed by atoms with Gasteiger partial charge in [0.1, 0.15) is 0 Å². The maximum absolute atomic E-state index is 12.5. The molecule has 29 heavy (non-hydrogen) atoms. The summed E-state index contributed by atoms with van der Waals surface area (Å²) in [6.45, 7) is 1.79. The third-order valence-corrected chi connectivity index (χ3v) is 5.99. The minimum absolute atomic E-state index is 0.0122. The quantitative estimate of drug-likeness (QED) is 0.546. The summed E-state index contributed by atoms with van der Waals surface area (Å²) in [5, 5.41) is 3.57. The molecule has 3 rings (SSSR count). The number of hydrogen-bond donors (Lipinski definition) is 2. The van der Waals surface area contributed by atoms with Gasteiger partial charge in [0, 0.05) is 16.3 Å². The molecule has 0 spiro atoms. The van der Waals surface area contributed by atoms with E-state index < -0.39 is 5.91 Å². The van der Waals surface area contributed by atoms with Crippen molar-refractivity contribution in [1.82, 2.24) is 0 Å². The number of aryl methyl sites for hydroxylation is 1. The van der Waals surface area contributed by atoms with Gasteiger partial charge in [-0.25, -0.2) is 0 Å². The second kappa shape index (κ2) is 9.63. The van der Waals surface area contributed by atoms with Crippen molar-refractivity contribution in [2.24, 2.45) is 5.73 Å². The fraction of sp³-hybridized carbons (Fsp3) is 0.130. The Bertz CT molecular complexity index is 1010. The van der Waals surface area contributed by atoms with E-state index in [-0.39, 0.29) is 16.9 Å². The van der Waals surface area contributed by atoms with Crippen molar-refractivity contribution in [1.29, 1.82) is 0 Å². The van der Waals surface area contributed by atoms with E-state index in [1.165, 1.54) is 0 Å². The summed E-state index contributed by atoms with van der Waals surface area (Å²) in [5.74, 6) is -0.320. The Morgan fingerprint density at radius 1 is 1.00 bits per heavy atom. The van der Waals surface area contributed by atoms with Gasteiger partial charge in [-0.3, -0.25) is 9.59 Å².